The van der Waals surface area contributed by atoms with Gasteiger partial charge in [0.2, 0.25) is 0 Å². The summed E-state index contributed by atoms with van der Waals surface area (Å²) in [7, 11) is 0. The summed E-state index contributed by atoms with van der Waals surface area (Å²) < 4.78 is 4.29. The second-order valence-corrected chi connectivity index (χ2v) is 7.80. The minimum atomic E-state index is -0.0245. The van der Waals surface area contributed by atoms with Crippen molar-refractivity contribution in [2.75, 3.05) is 19.6 Å². The average molecular weight is 428 g/mol. The van der Waals surface area contributed by atoms with E-state index >= 15 is 0 Å². The molecule has 0 saturated heterocycles. The van der Waals surface area contributed by atoms with E-state index < -0.39 is 0 Å². The van der Waals surface area contributed by atoms with Gasteiger partial charge in [-0.15, -0.1) is 22.6 Å². The Morgan fingerprint density at radius 2 is 2.00 bits per heavy atom. The Hall–Kier alpha value is -2.71. The Labute approximate surface area is 181 Å². The predicted octanol–water partition coefficient (Wildman–Crippen LogP) is 1.79. The monoisotopic (exact) mass is 427 g/mol. The predicted molar refractivity (Wildman–Crippen MR) is 115 cm³/mol. The molecule has 0 spiro atoms. The molecule has 0 fully saturated rings. The van der Waals surface area contributed by atoms with Crippen LogP contribution in [-0.4, -0.2) is 54.8 Å². The van der Waals surface area contributed by atoms with E-state index in [1.165, 1.54) is 5.56 Å². The fraction of sp³-hybridized carbons (Fsp3) is 0.429. The maximum Gasteiger partial charge on any atom is 0.274 e. The first kappa shape index (κ1) is 20.6. The van der Waals surface area contributed by atoms with Gasteiger partial charge in [-0.1, -0.05) is 30.3 Å². The Balaban J connectivity index is 0.00000218. The lowest BCUT2D eigenvalue weighted by atomic mass is 10.0. The molecule has 1 atom stereocenters. The molecule has 1 aromatic carbocycles. The second kappa shape index (κ2) is 8.57. The highest BCUT2D eigenvalue weighted by Gasteiger charge is 2.32. The Bertz CT molecular complexity index is 1010. The summed E-state index contributed by atoms with van der Waals surface area (Å²) in [5, 5.41) is 12.0. The van der Waals surface area contributed by atoms with Gasteiger partial charge >= 0.3 is 0 Å². The summed E-state index contributed by atoms with van der Waals surface area (Å²) >= 11 is 0. The maximum absolute atomic E-state index is 13.3. The van der Waals surface area contributed by atoms with Gasteiger partial charge in [-0.2, -0.15) is 0 Å². The second-order valence-electron chi connectivity index (χ2n) is 7.80. The van der Waals surface area contributed by atoms with Gasteiger partial charge in [-0.25, -0.2) is 4.98 Å². The first-order valence-corrected chi connectivity index (χ1v) is 10.2. The number of carbonyl (C=O) groups is 1. The van der Waals surface area contributed by atoms with E-state index in [0.717, 1.165) is 49.9 Å². The molecule has 3 aromatic rings. The van der Waals surface area contributed by atoms with Crippen LogP contribution in [0.1, 0.15) is 39.6 Å². The average Bonchev–Trinajstić information content (AvgIpc) is 3.25. The molecular formula is C21H26ClN7O. The van der Waals surface area contributed by atoms with Crippen LogP contribution in [-0.2, 0) is 25.9 Å². The van der Waals surface area contributed by atoms with Crippen molar-refractivity contribution in [3.63, 3.8) is 0 Å². The number of imidazole rings is 1. The van der Waals surface area contributed by atoms with Crippen molar-refractivity contribution in [2.45, 2.75) is 38.9 Å². The normalized spacial score (nSPS) is 18.2. The zero-order valence-corrected chi connectivity index (χ0v) is 17.8. The number of fused-ring (bicyclic) bond motifs is 2. The van der Waals surface area contributed by atoms with Gasteiger partial charge in [0.1, 0.15) is 17.3 Å². The van der Waals surface area contributed by atoms with Gasteiger partial charge in [-0.3, -0.25) is 4.79 Å². The number of aromatic nitrogens is 5. The van der Waals surface area contributed by atoms with Gasteiger partial charge < -0.3 is 19.4 Å². The van der Waals surface area contributed by atoms with E-state index in [1.807, 2.05) is 36.2 Å². The molecule has 1 amide bonds. The van der Waals surface area contributed by atoms with E-state index in [4.69, 9.17) is 0 Å². The number of amides is 1. The highest BCUT2D eigenvalue weighted by molar-refractivity contribution is 5.92. The fourth-order valence-electron chi connectivity index (χ4n) is 4.40. The number of aryl methyl sites for hydroxylation is 1. The zero-order valence-electron chi connectivity index (χ0n) is 17.0. The summed E-state index contributed by atoms with van der Waals surface area (Å²) in [6, 6.07) is 10.5. The summed E-state index contributed by atoms with van der Waals surface area (Å²) in [6.07, 6.45) is 3.58. The van der Waals surface area contributed by atoms with Crippen molar-refractivity contribution >= 4 is 18.3 Å². The van der Waals surface area contributed by atoms with Gasteiger partial charge in [0.25, 0.3) is 5.91 Å². The summed E-state index contributed by atoms with van der Waals surface area (Å²) in [4.78, 5) is 19.8. The van der Waals surface area contributed by atoms with E-state index in [-0.39, 0.29) is 24.4 Å². The summed E-state index contributed by atoms with van der Waals surface area (Å²) in [6.45, 7) is 5.72. The minimum Gasteiger partial charge on any atom is -0.333 e. The molecule has 1 N–H and O–H groups in total. The highest BCUT2D eigenvalue weighted by Crippen LogP contribution is 2.26. The topological polar surface area (TPSA) is 80.9 Å². The van der Waals surface area contributed by atoms with E-state index in [1.54, 1.807) is 0 Å². The third-order valence-electron chi connectivity index (χ3n) is 5.80. The van der Waals surface area contributed by atoms with Crippen molar-refractivity contribution in [3.8, 4) is 0 Å². The molecule has 30 heavy (non-hydrogen) atoms. The lowest BCUT2D eigenvalue weighted by Crippen LogP contribution is -2.42. The van der Waals surface area contributed by atoms with Crippen LogP contribution >= 0.6 is 12.4 Å². The van der Waals surface area contributed by atoms with Crippen molar-refractivity contribution in [3.05, 3.63) is 65.3 Å². The standard InChI is InChI=1S/C21H25N7O.ClH/c1-15-24-25-20-14-27(12-17(28(15)20)11-16-5-3-2-4-6-16)21(29)18-13-26-10-9-22-8-7-19(26)23-18;/h2-6,13,17,22H,7-12,14H2,1H3;1H/t17-;/m1./s1. The molecule has 2 aromatic heterocycles. The molecule has 0 aliphatic carbocycles. The Morgan fingerprint density at radius 1 is 1.17 bits per heavy atom. The van der Waals surface area contributed by atoms with Crippen LogP contribution < -0.4 is 5.32 Å². The maximum atomic E-state index is 13.3. The lowest BCUT2D eigenvalue weighted by Gasteiger charge is -2.34. The van der Waals surface area contributed by atoms with Crippen LogP contribution in [0.25, 0.3) is 0 Å². The number of nitrogens with one attached hydrogen (secondary N) is 1. The highest BCUT2D eigenvalue weighted by atomic mass is 35.5. The molecule has 9 heteroatoms. The van der Waals surface area contributed by atoms with Gasteiger partial charge in [0.05, 0.1) is 12.6 Å². The molecule has 4 heterocycles. The minimum absolute atomic E-state index is 0. The Kier molecular flexibility index (Phi) is 5.87. The number of carbonyl (C=O) groups excluding carboxylic acids is 1. The molecule has 0 unspecified atom stereocenters. The molecule has 8 nitrogen and oxygen atoms in total. The molecule has 0 radical (unpaired) electrons. The number of nitrogens with zero attached hydrogens (tertiary/aromatic N) is 6. The third kappa shape index (κ3) is 3.85. The quantitative estimate of drug-likeness (QED) is 0.689. The molecule has 0 saturated carbocycles. The first-order valence-electron chi connectivity index (χ1n) is 10.2. The number of halogens is 1. The van der Waals surface area contributed by atoms with E-state index in [9.17, 15) is 4.79 Å². The molecular weight excluding hydrogens is 402 g/mol. The number of hydrogen-bond acceptors (Lipinski definition) is 5. The van der Waals surface area contributed by atoms with Gasteiger partial charge in [0.15, 0.2) is 5.82 Å². The smallest absolute Gasteiger partial charge is 0.274 e. The number of hydrogen-bond donors (Lipinski definition) is 1. The fourth-order valence-corrected chi connectivity index (χ4v) is 4.40. The third-order valence-corrected chi connectivity index (χ3v) is 5.80. The number of rotatable bonds is 3. The van der Waals surface area contributed by atoms with Gasteiger partial charge in [-0.05, 0) is 18.9 Å². The molecule has 2 aliphatic heterocycles. The first-order chi connectivity index (χ1) is 14.2. The number of benzene rings is 1. The van der Waals surface area contributed by atoms with Gasteiger partial charge in [0, 0.05) is 38.8 Å². The van der Waals surface area contributed by atoms with Crippen molar-refractivity contribution < 1.29 is 4.79 Å². The van der Waals surface area contributed by atoms with Crippen LogP contribution in [0.3, 0.4) is 0 Å². The largest absolute Gasteiger partial charge is 0.333 e. The van der Waals surface area contributed by atoms with E-state index in [2.05, 4.69) is 41.8 Å². The van der Waals surface area contributed by atoms with Crippen LogP contribution in [0, 0.1) is 6.92 Å². The molecule has 158 valence electrons. The van der Waals surface area contributed by atoms with Crippen molar-refractivity contribution in [2.24, 2.45) is 0 Å². The Morgan fingerprint density at radius 3 is 2.83 bits per heavy atom. The van der Waals surface area contributed by atoms with Crippen LogP contribution in [0.5, 0.6) is 0 Å². The lowest BCUT2D eigenvalue weighted by molar-refractivity contribution is 0.0666. The van der Waals surface area contributed by atoms with Crippen LogP contribution in [0.2, 0.25) is 0 Å². The molecule has 0 bridgehead atoms. The summed E-state index contributed by atoms with van der Waals surface area (Å²) in [5.74, 6) is 2.70. The SMILES string of the molecule is Cc1nnc2n1[C@H](Cc1ccccc1)CN(C(=O)c1cn3c(n1)CCNCC3)C2.Cl. The molecule has 5 rings (SSSR count). The van der Waals surface area contributed by atoms with Crippen LogP contribution in [0.15, 0.2) is 36.5 Å². The summed E-state index contributed by atoms with van der Waals surface area (Å²) in [5.41, 5.74) is 1.78. The van der Waals surface area contributed by atoms with Crippen molar-refractivity contribution in [1.29, 1.82) is 0 Å². The van der Waals surface area contributed by atoms with E-state index in [0.29, 0.717) is 18.8 Å². The zero-order chi connectivity index (χ0) is 19.8. The van der Waals surface area contributed by atoms with Crippen molar-refractivity contribution in [1.82, 2.24) is 34.5 Å². The van der Waals surface area contributed by atoms with Crippen LogP contribution in [0.4, 0.5) is 0 Å². The molecule has 2 aliphatic rings.